The van der Waals surface area contributed by atoms with Crippen LogP contribution in [0.5, 0.6) is 0 Å². The molecule has 0 aromatic heterocycles. The lowest BCUT2D eigenvalue weighted by atomic mass is 10.3. The minimum atomic E-state index is -0.540. The van der Waals surface area contributed by atoms with E-state index in [2.05, 4.69) is 40.1 Å². The van der Waals surface area contributed by atoms with Gasteiger partial charge < -0.3 is 24.8 Å². The summed E-state index contributed by atoms with van der Waals surface area (Å²) >= 11 is 0. The third-order valence-electron chi connectivity index (χ3n) is 3.18. The number of esters is 3. The van der Waals surface area contributed by atoms with Crippen LogP contribution in [-0.2, 0) is 43.0 Å². The van der Waals surface area contributed by atoms with Crippen LogP contribution in [-0.4, -0.2) is 75.3 Å². The van der Waals surface area contributed by atoms with E-state index in [0.717, 1.165) is 0 Å². The van der Waals surface area contributed by atoms with Gasteiger partial charge in [-0.25, -0.2) is 24.2 Å². The van der Waals surface area contributed by atoms with Crippen molar-refractivity contribution in [1.82, 2.24) is 10.6 Å². The lowest BCUT2D eigenvalue weighted by molar-refractivity contribution is -0.140. The second kappa shape index (κ2) is 19.6. The summed E-state index contributed by atoms with van der Waals surface area (Å²) in [6.07, 6.45) is 0.960. The van der Waals surface area contributed by atoms with E-state index in [1.807, 2.05) is 0 Å². The number of nitrogens with one attached hydrogen (secondary N) is 2. The lowest BCUT2D eigenvalue weighted by Gasteiger charge is -2.08. The van der Waals surface area contributed by atoms with Crippen molar-refractivity contribution in [3.8, 4) is 0 Å². The molecule has 0 bridgehead atoms. The second-order valence-electron chi connectivity index (χ2n) is 6.60. The SMILES string of the molecule is C=C(C)C(=O)OCCN=C=O.C=C(C)C(=O)OCCNC(=O)CC(=O)NCCOC(=O)C(=C)C. The van der Waals surface area contributed by atoms with Crippen LogP contribution in [0.4, 0.5) is 0 Å². The van der Waals surface area contributed by atoms with Gasteiger partial charge in [0.15, 0.2) is 0 Å². The van der Waals surface area contributed by atoms with E-state index in [1.165, 1.54) is 19.9 Å². The van der Waals surface area contributed by atoms with E-state index < -0.39 is 29.7 Å². The molecule has 12 nitrogen and oxygen atoms in total. The first-order chi connectivity index (χ1) is 15.9. The normalized spacial score (nSPS) is 9.03. The standard InChI is InChI=1S/C15H22N2O6.C7H9NO3/c1-10(2)14(20)22-7-5-16-12(18)9-13(19)17-6-8-23-15(21)11(3)4;1-6(2)7(10)11-4-3-8-5-9/h1,3,5-9H2,2,4H3,(H,16,18)(H,17,19);1,3-4H2,2H3. The Morgan fingerprint density at radius 2 is 1.06 bits per heavy atom. The summed E-state index contributed by atoms with van der Waals surface area (Å²) in [5.74, 6) is -2.56. The Morgan fingerprint density at radius 3 is 1.38 bits per heavy atom. The first-order valence-electron chi connectivity index (χ1n) is 9.97. The molecule has 2 N–H and O–H groups in total. The van der Waals surface area contributed by atoms with Crippen LogP contribution in [0.3, 0.4) is 0 Å². The zero-order chi connectivity index (χ0) is 26.5. The molecule has 0 aliphatic carbocycles. The number of hydrogen-bond acceptors (Lipinski definition) is 10. The van der Waals surface area contributed by atoms with Crippen LogP contribution in [0.1, 0.15) is 27.2 Å². The molecule has 0 aliphatic heterocycles. The highest BCUT2D eigenvalue weighted by molar-refractivity contribution is 5.96. The molecule has 0 atom stereocenters. The van der Waals surface area contributed by atoms with Crippen molar-refractivity contribution >= 4 is 35.8 Å². The highest BCUT2D eigenvalue weighted by atomic mass is 16.5. The monoisotopic (exact) mass is 481 g/mol. The smallest absolute Gasteiger partial charge is 0.333 e. The van der Waals surface area contributed by atoms with E-state index in [4.69, 9.17) is 9.47 Å². The van der Waals surface area contributed by atoms with Crippen molar-refractivity contribution < 1.29 is 43.0 Å². The number of aliphatic imine (C=N–C) groups is 1. The third-order valence-corrected chi connectivity index (χ3v) is 3.18. The van der Waals surface area contributed by atoms with Crippen molar-refractivity contribution in [1.29, 1.82) is 0 Å². The molecule has 0 unspecified atom stereocenters. The van der Waals surface area contributed by atoms with Crippen LogP contribution in [0.25, 0.3) is 0 Å². The predicted octanol–water partition coefficient (Wildman–Crippen LogP) is 0.289. The molecule has 2 amide bonds. The molecule has 0 aliphatic rings. The van der Waals surface area contributed by atoms with Crippen LogP contribution in [0.2, 0.25) is 0 Å². The molecule has 12 heteroatoms. The fourth-order valence-electron chi connectivity index (χ4n) is 1.54. The summed E-state index contributed by atoms with van der Waals surface area (Å²) in [6, 6.07) is 0. The van der Waals surface area contributed by atoms with Gasteiger partial charge >= 0.3 is 17.9 Å². The summed E-state index contributed by atoms with van der Waals surface area (Å²) in [4.78, 5) is 68.4. The average molecular weight is 482 g/mol. The Kier molecular flexibility index (Phi) is 18.5. The number of rotatable bonds is 14. The van der Waals surface area contributed by atoms with Crippen LogP contribution >= 0.6 is 0 Å². The van der Waals surface area contributed by atoms with Gasteiger partial charge in [-0.3, -0.25) is 9.59 Å². The molecule has 0 fully saturated rings. The average Bonchev–Trinajstić information content (AvgIpc) is 2.76. The fourth-order valence-corrected chi connectivity index (χ4v) is 1.54. The number of isocyanates is 1. The molecule has 188 valence electrons. The molecule has 0 radical (unpaired) electrons. The predicted molar refractivity (Wildman–Crippen MR) is 121 cm³/mol. The summed E-state index contributed by atoms with van der Waals surface area (Å²) in [5.41, 5.74) is 0.867. The van der Waals surface area contributed by atoms with Gasteiger partial charge in [-0.05, 0) is 20.8 Å². The van der Waals surface area contributed by atoms with Gasteiger partial charge in [-0.1, -0.05) is 19.7 Å². The van der Waals surface area contributed by atoms with Gasteiger partial charge in [-0.2, -0.15) is 0 Å². The van der Waals surface area contributed by atoms with E-state index in [-0.39, 0.29) is 57.0 Å². The van der Waals surface area contributed by atoms with Crippen molar-refractivity contribution in [3.63, 3.8) is 0 Å². The number of hydrogen-bond donors (Lipinski definition) is 2. The summed E-state index contributed by atoms with van der Waals surface area (Å²) in [5, 5.41) is 4.86. The van der Waals surface area contributed by atoms with Crippen molar-refractivity contribution in [2.45, 2.75) is 27.2 Å². The van der Waals surface area contributed by atoms with Gasteiger partial charge in [0.05, 0.1) is 19.6 Å². The first kappa shape index (κ1) is 32.1. The van der Waals surface area contributed by atoms with E-state index in [9.17, 15) is 28.8 Å². The quantitative estimate of drug-likeness (QED) is 0.0674. The van der Waals surface area contributed by atoms with Crippen molar-refractivity contribution in [3.05, 3.63) is 36.5 Å². The van der Waals surface area contributed by atoms with Crippen LogP contribution in [0, 0.1) is 0 Å². The maximum atomic E-state index is 11.4. The van der Waals surface area contributed by atoms with Crippen molar-refractivity contribution in [2.75, 3.05) is 39.5 Å². The first-order valence-corrected chi connectivity index (χ1v) is 9.97. The minimum absolute atomic E-state index is 0.00406. The molecule has 0 saturated heterocycles. The summed E-state index contributed by atoms with van der Waals surface area (Å²) in [7, 11) is 0. The van der Waals surface area contributed by atoms with E-state index in [1.54, 1.807) is 6.92 Å². The molecular formula is C22H31N3O9. The molecule has 0 heterocycles. The molecule has 0 rings (SSSR count). The Morgan fingerprint density at radius 1 is 0.706 bits per heavy atom. The topological polar surface area (TPSA) is 167 Å². The van der Waals surface area contributed by atoms with Crippen molar-refractivity contribution in [2.24, 2.45) is 4.99 Å². The van der Waals surface area contributed by atoms with Crippen LogP contribution < -0.4 is 10.6 Å². The Balaban J connectivity index is 0. The Hall–Kier alpha value is -4.05. The largest absolute Gasteiger partial charge is 0.460 e. The number of carbonyl (C=O) groups excluding carboxylic acids is 6. The molecule has 34 heavy (non-hydrogen) atoms. The molecular weight excluding hydrogens is 450 g/mol. The third kappa shape index (κ3) is 19.9. The summed E-state index contributed by atoms with van der Waals surface area (Å²) in [6.45, 7) is 15.2. The highest BCUT2D eigenvalue weighted by Gasteiger charge is 2.10. The van der Waals surface area contributed by atoms with Gasteiger partial charge in [-0.15, -0.1) is 0 Å². The Bertz CT molecular complexity index is 783. The van der Waals surface area contributed by atoms with E-state index >= 15 is 0 Å². The lowest BCUT2D eigenvalue weighted by Crippen LogP contribution is -2.35. The van der Waals surface area contributed by atoms with Gasteiger partial charge in [0.1, 0.15) is 26.2 Å². The maximum Gasteiger partial charge on any atom is 0.333 e. The zero-order valence-electron chi connectivity index (χ0n) is 19.7. The minimum Gasteiger partial charge on any atom is -0.460 e. The van der Waals surface area contributed by atoms with Gasteiger partial charge in [0, 0.05) is 16.7 Å². The number of nitrogens with zero attached hydrogens (tertiary/aromatic N) is 1. The Labute approximate surface area is 198 Å². The zero-order valence-corrected chi connectivity index (χ0v) is 19.7. The molecule has 0 saturated carbocycles. The number of amides is 2. The fraction of sp³-hybridized carbons (Fsp3) is 0.455. The van der Waals surface area contributed by atoms with Gasteiger partial charge in [0.25, 0.3) is 0 Å². The maximum absolute atomic E-state index is 11.4. The molecule has 0 aromatic rings. The number of ether oxygens (including phenoxy) is 3. The number of carbonyl (C=O) groups is 5. The highest BCUT2D eigenvalue weighted by Crippen LogP contribution is 1.92. The second-order valence-corrected chi connectivity index (χ2v) is 6.60. The molecule has 0 aromatic carbocycles. The molecule has 0 spiro atoms. The van der Waals surface area contributed by atoms with Gasteiger partial charge in [0.2, 0.25) is 17.9 Å². The van der Waals surface area contributed by atoms with Crippen LogP contribution in [0.15, 0.2) is 41.4 Å². The van der Waals surface area contributed by atoms with E-state index in [0.29, 0.717) is 5.57 Å². The summed E-state index contributed by atoms with van der Waals surface area (Å²) < 4.78 is 14.1.